The zero-order valence-electron chi connectivity index (χ0n) is 14.5. The van der Waals surface area contributed by atoms with Crippen molar-refractivity contribution in [1.82, 2.24) is 25.3 Å². The number of nitrogens with one attached hydrogen (secondary N) is 1. The van der Waals surface area contributed by atoms with Gasteiger partial charge in [-0.25, -0.2) is 0 Å². The molecule has 2 saturated heterocycles. The zero-order chi connectivity index (χ0) is 16.9. The number of hydrogen-bond donors (Lipinski definition) is 1. The molecule has 2 aliphatic rings. The average molecular weight is 337 g/mol. The minimum atomic E-state index is -0.151. The van der Waals surface area contributed by atoms with E-state index in [1.165, 1.54) is 0 Å². The second-order valence-electron chi connectivity index (χ2n) is 6.44. The Hall–Kier alpha value is -1.51. The van der Waals surface area contributed by atoms with Gasteiger partial charge in [-0.15, -0.1) is 0 Å². The largest absolute Gasteiger partial charge is 0.371 e. The predicted molar refractivity (Wildman–Crippen MR) is 87.2 cm³/mol. The Bertz CT molecular complexity index is 536. The molecule has 0 bridgehead atoms. The van der Waals surface area contributed by atoms with Crippen LogP contribution >= 0.6 is 0 Å². The molecule has 0 radical (unpaired) electrons. The highest BCUT2D eigenvalue weighted by atomic mass is 16.5. The lowest BCUT2D eigenvalue weighted by atomic mass is 10.1. The highest BCUT2D eigenvalue weighted by Gasteiger charge is 2.29. The number of piperazine rings is 1. The van der Waals surface area contributed by atoms with E-state index in [2.05, 4.69) is 20.4 Å². The number of nitrogens with zero attached hydrogens (tertiary/aromatic N) is 4. The average Bonchev–Trinajstić information content (AvgIpc) is 3.27. The molecule has 0 aromatic carbocycles. The van der Waals surface area contributed by atoms with Crippen LogP contribution in [0.15, 0.2) is 4.52 Å². The van der Waals surface area contributed by atoms with Crippen molar-refractivity contribution in [3.8, 4) is 0 Å². The Morgan fingerprint density at radius 1 is 1.42 bits per heavy atom. The molecule has 2 atom stereocenters. The van der Waals surface area contributed by atoms with Crippen LogP contribution in [0.3, 0.4) is 0 Å². The molecule has 2 unspecified atom stereocenters. The standard InChI is InChI=1S/C16H27N5O3/c1-3-23-12(2)15-18-14(24-19-15)11-20-6-8-21(9-7-20)16(22)13-4-5-17-10-13/h12-13,17H,3-11H2,1-2H3. The molecule has 2 aliphatic heterocycles. The molecule has 1 N–H and O–H groups in total. The predicted octanol–water partition coefficient (Wildman–Crippen LogP) is 0.421. The number of aromatic nitrogens is 2. The molecule has 0 spiro atoms. The zero-order valence-corrected chi connectivity index (χ0v) is 14.5. The smallest absolute Gasteiger partial charge is 0.240 e. The summed E-state index contributed by atoms with van der Waals surface area (Å²) in [4.78, 5) is 21.1. The maximum atomic E-state index is 12.4. The fourth-order valence-electron chi connectivity index (χ4n) is 3.26. The van der Waals surface area contributed by atoms with Crippen LogP contribution in [-0.4, -0.2) is 71.7 Å². The molecular formula is C16H27N5O3. The van der Waals surface area contributed by atoms with E-state index in [1.807, 2.05) is 18.7 Å². The van der Waals surface area contributed by atoms with Gasteiger partial charge < -0.3 is 19.5 Å². The molecule has 134 valence electrons. The Morgan fingerprint density at radius 2 is 2.21 bits per heavy atom. The lowest BCUT2D eigenvalue weighted by molar-refractivity contribution is -0.136. The number of carbonyl (C=O) groups excluding carboxylic acids is 1. The van der Waals surface area contributed by atoms with Gasteiger partial charge in [-0.3, -0.25) is 9.69 Å². The summed E-state index contributed by atoms with van der Waals surface area (Å²) in [5.41, 5.74) is 0. The van der Waals surface area contributed by atoms with E-state index in [4.69, 9.17) is 9.26 Å². The summed E-state index contributed by atoms with van der Waals surface area (Å²) >= 11 is 0. The molecule has 8 nitrogen and oxygen atoms in total. The molecule has 0 saturated carbocycles. The van der Waals surface area contributed by atoms with Crippen LogP contribution in [0.5, 0.6) is 0 Å². The number of hydrogen-bond acceptors (Lipinski definition) is 7. The van der Waals surface area contributed by atoms with Crippen molar-refractivity contribution in [1.29, 1.82) is 0 Å². The first-order chi connectivity index (χ1) is 11.7. The molecule has 3 rings (SSSR count). The Labute approximate surface area is 142 Å². The molecule has 1 amide bonds. The molecule has 2 fully saturated rings. The SMILES string of the molecule is CCOC(C)c1noc(CN2CCN(C(=O)C3CCNC3)CC2)n1. The molecule has 24 heavy (non-hydrogen) atoms. The van der Waals surface area contributed by atoms with Crippen molar-refractivity contribution in [2.24, 2.45) is 5.92 Å². The molecule has 3 heterocycles. The van der Waals surface area contributed by atoms with E-state index in [0.29, 0.717) is 30.8 Å². The van der Waals surface area contributed by atoms with Crippen molar-refractivity contribution in [3.63, 3.8) is 0 Å². The van der Waals surface area contributed by atoms with Crippen LogP contribution < -0.4 is 5.32 Å². The Kier molecular flexibility index (Phi) is 5.80. The van der Waals surface area contributed by atoms with Crippen LogP contribution in [0.2, 0.25) is 0 Å². The minimum Gasteiger partial charge on any atom is -0.371 e. The summed E-state index contributed by atoms with van der Waals surface area (Å²) in [5.74, 6) is 1.66. The second-order valence-corrected chi connectivity index (χ2v) is 6.44. The maximum absolute atomic E-state index is 12.4. The normalized spacial score (nSPS) is 23.6. The van der Waals surface area contributed by atoms with Gasteiger partial charge in [-0.2, -0.15) is 4.98 Å². The van der Waals surface area contributed by atoms with E-state index < -0.39 is 0 Å². The van der Waals surface area contributed by atoms with E-state index in [-0.39, 0.29) is 12.0 Å². The van der Waals surface area contributed by atoms with Crippen molar-refractivity contribution in [2.75, 3.05) is 45.9 Å². The van der Waals surface area contributed by atoms with E-state index >= 15 is 0 Å². The van der Waals surface area contributed by atoms with Crippen molar-refractivity contribution < 1.29 is 14.1 Å². The molecule has 0 aliphatic carbocycles. The molecular weight excluding hydrogens is 310 g/mol. The summed E-state index contributed by atoms with van der Waals surface area (Å²) in [6.07, 6.45) is 0.809. The third-order valence-electron chi connectivity index (χ3n) is 4.72. The van der Waals surface area contributed by atoms with Crippen molar-refractivity contribution in [3.05, 3.63) is 11.7 Å². The van der Waals surface area contributed by atoms with Gasteiger partial charge in [0.1, 0.15) is 6.10 Å². The minimum absolute atomic E-state index is 0.151. The van der Waals surface area contributed by atoms with Gasteiger partial charge in [-0.1, -0.05) is 5.16 Å². The highest BCUT2D eigenvalue weighted by molar-refractivity contribution is 5.79. The third kappa shape index (κ3) is 4.12. The Balaban J connectivity index is 1.46. The first-order valence-corrected chi connectivity index (χ1v) is 8.83. The van der Waals surface area contributed by atoms with Gasteiger partial charge in [0.05, 0.1) is 12.5 Å². The number of carbonyl (C=O) groups is 1. The molecule has 8 heteroatoms. The van der Waals surface area contributed by atoms with Gasteiger partial charge in [0.15, 0.2) is 5.82 Å². The Morgan fingerprint density at radius 3 is 2.88 bits per heavy atom. The fourth-order valence-corrected chi connectivity index (χ4v) is 3.26. The molecule has 1 aromatic heterocycles. The van der Waals surface area contributed by atoms with Gasteiger partial charge in [0.25, 0.3) is 0 Å². The summed E-state index contributed by atoms with van der Waals surface area (Å²) < 4.78 is 10.8. The number of amides is 1. The van der Waals surface area contributed by atoms with Crippen LogP contribution in [0.4, 0.5) is 0 Å². The van der Waals surface area contributed by atoms with Crippen LogP contribution in [0.1, 0.15) is 38.1 Å². The third-order valence-corrected chi connectivity index (χ3v) is 4.72. The van der Waals surface area contributed by atoms with Crippen LogP contribution in [-0.2, 0) is 16.1 Å². The lowest BCUT2D eigenvalue weighted by Crippen LogP contribution is -2.50. The number of rotatable bonds is 6. The maximum Gasteiger partial charge on any atom is 0.240 e. The van der Waals surface area contributed by atoms with Gasteiger partial charge in [0, 0.05) is 39.3 Å². The van der Waals surface area contributed by atoms with E-state index in [9.17, 15) is 4.79 Å². The summed E-state index contributed by atoms with van der Waals surface area (Å²) in [7, 11) is 0. The van der Waals surface area contributed by atoms with Gasteiger partial charge >= 0.3 is 0 Å². The summed E-state index contributed by atoms with van der Waals surface area (Å²) in [6, 6.07) is 0. The summed E-state index contributed by atoms with van der Waals surface area (Å²) in [5, 5.41) is 7.24. The molecule has 1 aromatic rings. The van der Waals surface area contributed by atoms with Crippen molar-refractivity contribution in [2.45, 2.75) is 32.9 Å². The van der Waals surface area contributed by atoms with Crippen LogP contribution in [0, 0.1) is 5.92 Å². The monoisotopic (exact) mass is 337 g/mol. The lowest BCUT2D eigenvalue weighted by Gasteiger charge is -2.35. The van der Waals surface area contributed by atoms with E-state index in [1.54, 1.807) is 0 Å². The van der Waals surface area contributed by atoms with E-state index in [0.717, 1.165) is 45.7 Å². The first-order valence-electron chi connectivity index (χ1n) is 8.83. The summed E-state index contributed by atoms with van der Waals surface area (Å²) in [6.45, 7) is 10.1. The topological polar surface area (TPSA) is 83.7 Å². The van der Waals surface area contributed by atoms with Crippen LogP contribution in [0.25, 0.3) is 0 Å². The van der Waals surface area contributed by atoms with Crippen molar-refractivity contribution >= 4 is 5.91 Å². The fraction of sp³-hybridized carbons (Fsp3) is 0.812. The quantitative estimate of drug-likeness (QED) is 0.805. The van der Waals surface area contributed by atoms with Gasteiger partial charge in [0.2, 0.25) is 11.8 Å². The first kappa shape index (κ1) is 17.3. The second kappa shape index (κ2) is 8.04. The van der Waals surface area contributed by atoms with Gasteiger partial charge in [-0.05, 0) is 26.8 Å². The number of ether oxygens (including phenoxy) is 1. The highest BCUT2D eigenvalue weighted by Crippen LogP contribution is 2.16.